The normalized spacial score (nSPS) is 20.8. The largest absolute Gasteiger partial charge is 0.355 e. The molecule has 0 spiro atoms. The highest BCUT2D eigenvalue weighted by molar-refractivity contribution is 7.16. The van der Waals surface area contributed by atoms with Gasteiger partial charge in [0.2, 0.25) is 11.8 Å². The lowest BCUT2D eigenvalue weighted by Gasteiger charge is -2.08. The molecular formula is C13H13N3O2S. The van der Waals surface area contributed by atoms with Crippen LogP contribution >= 0.6 is 11.3 Å². The van der Waals surface area contributed by atoms with E-state index in [1.807, 2.05) is 0 Å². The van der Waals surface area contributed by atoms with Crippen LogP contribution in [0.4, 0.5) is 5.00 Å². The summed E-state index contributed by atoms with van der Waals surface area (Å²) in [4.78, 5) is 24.4. The van der Waals surface area contributed by atoms with Gasteiger partial charge in [0.1, 0.15) is 11.1 Å². The number of nitriles is 1. The number of anilines is 1. The smallest absolute Gasteiger partial charge is 0.230 e. The van der Waals surface area contributed by atoms with Crippen LogP contribution in [0.3, 0.4) is 0 Å². The van der Waals surface area contributed by atoms with Gasteiger partial charge < -0.3 is 10.6 Å². The first-order chi connectivity index (χ1) is 9.19. The average molecular weight is 275 g/mol. The van der Waals surface area contributed by atoms with E-state index < -0.39 is 0 Å². The van der Waals surface area contributed by atoms with E-state index >= 15 is 0 Å². The SMILES string of the molecule is N#Cc1c(NC(=O)C2CNC(=O)C2)sc2c1CCC2. The number of nitrogens with one attached hydrogen (secondary N) is 2. The first-order valence-electron chi connectivity index (χ1n) is 6.31. The molecule has 1 saturated heterocycles. The molecule has 0 saturated carbocycles. The van der Waals surface area contributed by atoms with Crippen LogP contribution in [-0.2, 0) is 22.4 Å². The zero-order chi connectivity index (χ0) is 13.4. The number of carbonyl (C=O) groups excluding carboxylic acids is 2. The zero-order valence-electron chi connectivity index (χ0n) is 10.3. The Morgan fingerprint density at radius 1 is 1.47 bits per heavy atom. The Kier molecular flexibility index (Phi) is 2.99. The molecule has 2 N–H and O–H groups in total. The summed E-state index contributed by atoms with van der Waals surface area (Å²) in [5.74, 6) is -0.583. The molecule has 98 valence electrons. The first kappa shape index (κ1) is 12.2. The summed E-state index contributed by atoms with van der Waals surface area (Å²) in [6.45, 7) is 0.387. The highest BCUT2D eigenvalue weighted by Gasteiger charge is 2.30. The van der Waals surface area contributed by atoms with Crippen LogP contribution in [-0.4, -0.2) is 18.4 Å². The Morgan fingerprint density at radius 3 is 3.00 bits per heavy atom. The summed E-state index contributed by atoms with van der Waals surface area (Å²) in [7, 11) is 0. The van der Waals surface area contributed by atoms with Crippen molar-refractivity contribution in [3.8, 4) is 6.07 Å². The van der Waals surface area contributed by atoms with Crippen molar-refractivity contribution in [2.24, 2.45) is 5.92 Å². The molecular weight excluding hydrogens is 262 g/mol. The van der Waals surface area contributed by atoms with E-state index in [4.69, 9.17) is 0 Å². The van der Waals surface area contributed by atoms with Crippen LogP contribution in [0.1, 0.15) is 28.8 Å². The van der Waals surface area contributed by atoms with Gasteiger partial charge in [0, 0.05) is 17.8 Å². The number of fused-ring (bicyclic) bond motifs is 1. The Bertz CT molecular complexity index is 600. The molecule has 1 unspecified atom stereocenters. The topological polar surface area (TPSA) is 82.0 Å². The number of thiophene rings is 1. The zero-order valence-corrected chi connectivity index (χ0v) is 11.1. The minimum absolute atomic E-state index is 0.0886. The molecule has 19 heavy (non-hydrogen) atoms. The third-order valence-corrected chi connectivity index (χ3v) is 4.83. The van der Waals surface area contributed by atoms with E-state index in [0.717, 1.165) is 24.8 Å². The molecule has 0 aromatic carbocycles. The molecule has 1 aliphatic heterocycles. The molecule has 2 aliphatic rings. The number of amides is 2. The number of nitrogens with zero attached hydrogens (tertiary/aromatic N) is 1. The highest BCUT2D eigenvalue weighted by Crippen LogP contribution is 2.38. The van der Waals surface area contributed by atoms with Crippen molar-refractivity contribution >= 4 is 28.2 Å². The van der Waals surface area contributed by atoms with Crippen LogP contribution in [0.2, 0.25) is 0 Å². The second kappa shape index (κ2) is 4.67. The lowest BCUT2D eigenvalue weighted by molar-refractivity contribution is -0.123. The van der Waals surface area contributed by atoms with Crippen LogP contribution < -0.4 is 10.6 Å². The summed E-state index contributed by atoms with van der Waals surface area (Å²) in [5, 5.41) is 15.3. The van der Waals surface area contributed by atoms with Crippen molar-refractivity contribution in [1.82, 2.24) is 5.32 Å². The summed E-state index contributed by atoms with van der Waals surface area (Å²) < 4.78 is 0. The first-order valence-corrected chi connectivity index (χ1v) is 7.13. The summed E-state index contributed by atoms with van der Waals surface area (Å²) in [6.07, 6.45) is 3.24. The van der Waals surface area contributed by atoms with E-state index in [9.17, 15) is 14.9 Å². The van der Waals surface area contributed by atoms with Crippen molar-refractivity contribution in [1.29, 1.82) is 5.26 Å². The molecule has 1 aromatic heterocycles. The highest BCUT2D eigenvalue weighted by atomic mass is 32.1. The van der Waals surface area contributed by atoms with E-state index in [1.165, 1.54) is 16.2 Å². The summed E-state index contributed by atoms with van der Waals surface area (Å²) in [5.41, 5.74) is 1.71. The van der Waals surface area contributed by atoms with Crippen LogP contribution in [0, 0.1) is 17.2 Å². The monoisotopic (exact) mass is 275 g/mol. The van der Waals surface area contributed by atoms with Crippen LogP contribution in [0.5, 0.6) is 0 Å². The number of hydrogen-bond acceptors (Lipinski definition) is 4. The fourth-order valence-corrected chi connectivity index (χ4v) is 3.86. The van der Waals surface area contributed by atoms with Crippen LogP contribution in [0.25, 0.3) is 0 Å². The molecule has 1 fully saturated rings. The molecule has 5 nitrogen and oxygen atoms in total. The van der Waals surface area contributed by atoms with Gasteiger partial charge in [0.25, 0.3) is 0 Å². The van der Waals surface area contributed by atoms with Gasteiger partial charge in [-0.25, -0.2) is 0 Å². The molecule has 6 heteroatoms. The second-order valence-corrected chi connectivity index (χ2v) is 5.97. The second-order valence-electron chi connectivity index (χ2n) is 4.87. The lowest BCUT2D eigenvalue weighted by atomic mass is 10.1. The maximum Gasteiger partial charge on any atom is 0.230 e. The van der Waals surface area contributed by atoms with Gasteiger partial charge in [-0.3, -0.25) is 9.59 Å². The van der Waals surface area contributed by atoms with Gasteiger partial charge in [-0.2, -0.15) is 5.26 Å². The van der Waals surface area contributed by atoms with E-state index in [0.29, 0.717) is 17.1 Å². The van der Waals surface area contributed by atoms with E-state index in [-0.39, 0.29) is 24.2 Å². The molecule has 1 atom stereocenters. The van der Waals surface area contributed by atoms with E-state index in [1.54, 1.807) is 0 Å². The van der Waals surface area contributed by atoms with Gasteiger partial charge in [-0.15, -0.1) is 11.3 Å². The van der Waals surface area contributed by atoms with Crippen molar-refractivity contribution in [3.63, 3.8) is 0 Å². The maximum atomic E-state index is 12.0. The van der Waals surface area contributed by atoms with Gasteiger partial charge in [0.15, 0.2) is 0 Å². The van der Waals surface area contributed by atoms with Crippen LogP contribution in [0.15, 0.2) is 0 Å². The predicted molar refractivity (Wildman–Crippen MR) is 70.8 cm³/mol. The molecule has 2 heterocycles. The maximum absolute atomic E-state index is 12.0. The summed E-state index contributed by atoms with van der Waals surface area (Å²) >= 11 is 1.50. The number of aryl methyl sites for hydroxylation is 1. The molecule has 1 aromatic rings. The molecule has 1 aliphatic carbocycles. The Balaban J connectivity index is 1.79. The molecule has 0 bridgehead atoms. The van der Waals surface area contributed by atoms with Gasteiger partial charge in [-0.05, 0) is 24.8 Å². The minimum Gasteiger partial charge on any atom is -0.355 e. The number of hydrogen-bond donors (Lipinski definition) is 2. The third-order valence-electron chi connectivity index (χ3n) is 3.62. The van der Waals surface area contributed by atoms with Crippen molar-refractivity contribution in [2.75, 3.05) is 11.9 Å². The van der Waals surface area contributed by atoms with E-state index in [2.05, 4.69) is 16.7 Å². The van der Waals surface area contributed by atoms with Crippen molar-refractivity contribution < 1.29 is 9.59 Å². The Morgan fingerprint density at radius 2 is 2.32 bits per heavy atom. The fourth-order valence-electron chi connectivity index (χ4n) is 2.62. The molecule has 0 radical (unpaired) electrons. The lowest BCUT2D eigenvalue weighted by Crippen LogP contribution is -2.24. The van der Waals surface area contributed by atoms with Gasteiger partial charge in [-0.1, -0.05) is 0 Å². The predicted octanol–water partition coefficient (Wildman–Crippen LogP) is 1.18. The minimum atomic E-state index is -0.323. The van der Waals surface area contributed by atoms with Crippen molar-refractivity contribution in [2.45, 2.75) is 25.7 Å². The third kappa shape index (κ3) is 2.10. The average Bonchev–Trinajstić information content (AvgIpc) is 3.04. The Hall–Kier alpha value is -1.87. The summed E-state index contributed by atoms with van der Waals surface area (Å²) in [6, 6.07) is 2.19. The molecule has 2 amide bonds. The van der Waals surface area contributed by atoms with Gasteiger partial charge in [0.05, 0.1) is 11.5 Å². The quantitative estimate of drug-likeness (QED) is 0.850. The van der Waals surface area contributed by atoms with Crippen molar-refractivity contribution in [3.05, 3.63) is 16.0 Å². The standard InChI is InChI=1S/C13H13N3O2S/c14-5-9-8-2-1-3-10(8)19-13(9)16-12(18)7-4-11(17)15-6-7/h7H,1-4,6H2,(H,15,17)(H,16,18). The molecule has 3 rings (SSSR count). The fraction of sp³-hybridized carbons (Fsp3) is 0.462. The Labute approximate surface area is 114 Å². The number of carbonyl (C=O) groups is 2. The number of rotatable bonds is 2. The van der Waals surface area contributed by atoms with Gasteiger partial charge >= 0.3 is 0 Å².